The first kappa shape index (κ1) is 52.9. The van der Waals surface area contributed by atoms with Gasteiger partial charge in [0.25, 0.3) is 0 Å². The molecule has 8 bridgehead atoms. The fourth-order valence-electron chi connectivity index (χ4n) is 5.84. The van der Waals surface area contributed by atoms with Crippen molar-refractivity contribution in [1.29, 1.82) is 0 Å². The zero-order valence-electron chi connectivity index (χ0n) is 29.4. The Kier molecular flexibility index (Phi) is 12.4. The molecule has 33 heteroatoms. The van der Waals surface area contributed by atoms with E-state index in [0.717, 1.165) is 12.1 Å². The van der Waals surface area contributed by atoms with Gasteiger partial charge < -0.3 is 4.98 Å². The minimum atomic E-state index is -8.73. The smallest absolute Gasteiger partial charge is 0.355 e. The minimum Gasteiger partial charge on any atom is -0.355 e. The second-order valence-corrected chi connectivity index (χ2v) is 13.1. The van der Waals surface area contributed by atoms with Gasteiger partial charge in [0.15, 0.2) is 0 Å². The summed E-state index contributed by atoms with van der Waals surface area (Å²) in [7, 11) is 0. The first-order valence-electron chi connectivity index (χ1n) is 15.8. The van der Waals surface area contributed by atoms with E-state index >= 15 is 35.1 Å². The van der Waals surface area contributed by atoms with Crippen LogP contribution in [-0.2, 0) is 44.9 Å². The van der Waals surface area contributed by atoms with Gasteiger partial charge in [-0.3, -0.25) is 4.57 Å². The van der Waals surface area contributed by atoms with Crippen LogP contribution in [0.4, 0.5) is 123 Å². The zero-order valence-corrected chi connectivity index (χ0v) is 31.7. The number of halogens is 28. The monoisotopic (exact) mass is 1180 g/mol. The number of hydrogen-bond acceptors (Lipinski definition) is 2. The number of rotatable bonds is 8. The predicted octanol–water partition coefficient (Wildman–Crippen LogP) is 13.7. The summed E-state index contributed by atoms with van der Waals surface area (Å²) in [5.74, 6) is -59.5. The van der Waals surface area contributed by atoms with Crippen LogP contribution >= 0.6 is 0 Å². The van der Waals surface area contributed by atoms with Gasteiger partial charge in [-0.2, -0.15) is 123 Å². The molecule has 0 amide bonds. The third-order valence-corrected chi connectivity index (χ3v) is 8.88. The molecule has 0 saturated heterocycles. The Labute approximate surface area is 351 Å². The van der Waals surface area contributed by atoms with Crippen molar-refractivity contribution in [2.75, 3.05) is 0 Å². The Hall–Kier alpha value is -4.67. The summed E-state index contributed by atoms with van der Waals surface area (Å²) in [6.07, 6.45) is -33.2. The van der Waals surface area contributed by atoms with E-state index in [9.17, 15) is 87.8 Å². The van der Waals surface area contributed by atoms with Crippen molar-refractivity contribution in [2.24, 2.45) is 0 Å². The number of nitrogens with zero attached hydrogens (tertiary/aromatic N) is 3. The van der Waals surface area contributed by atoms with Crippen molar-refractivity contribution in [3.63, 3.8) is 0 Å². The average molecular weight is 1180 g/mol. The van der Waals surface area contributed by atoms with Crippen molar-refractivity contribution in [2.45, 2.75) is 72.2 Å². The molecule has 3 aromatic rings. The van der Waals surface area contributed by atoms with E-state index < -0.39 is 145 Å². The number of aromatic nitrogens is 4. The van der Waals surface area contributed by atoms with E-state index in [1.807, 2.05) is 0 Å². The van der Waals surface area contributed by atoms with Gasteiger partial charge in [0.1, 0.15) is 0 Å². The third kappa shape index (κ3) is 7.78. The summed E-state index contributed by atoms with van der Waals surface area (Å²) in [6.45, 7) is 0. The molecule has 0 aliphatic carbocycles. The van der Waals surface area contributed by atoms with Crippen LogP contribution in [0.1, 0.15) is 39.5 Å². The second-order valence-electron chi connectivity index (χ2n) is 13.1. The summed E-state index contributed by atoms with van der Waals surface area (Å²) in [5.41, 5.74) is -32.5. The van der Waals surface area contributed by atoms with E-state index in [2.05, 4.69) is 15.0 Å². The third-order valence-electron chi connectivity index (χ3n) is 8.88. The fraction of sp³-hybridized carbons (Fsp3) is 0.375. The SMILES string of the molecule is FC(F)(F)C(F)(F)C(F)(F)c1c(C(F)(F)C(F)(F)C(F)(F)F)c2c(C(F)(F)C(F)(F)C(F)(F)F)c3nc(cc4ccc(cc5nc(cc1n2C(F)(F)C(F)(F)C(F)(F)F)C=C5)[nH]4)C=C3.[Pt]. The number of fused-ring (bicyclic) bond motifs is 8. The van der Waals surface area contributed by atoms with Crippen molar-refractivity contribution >= 4 is 46.4 Å². The Morgan fingerprint density at radius 1 is 0.385 bits per heavy atom. The second kappa shape index (κ2) is 15.2. The molecule has 0 unspecified atom stereocenters. The van der Waals surface area contributed by atoms with Crippen LogP contribution < -0.4 is 0 Å². The average Bonchev–Trinajstić information content (AvgIpc) is 3.90. The van der Waals surface area contributed by atoms with Gasteiger partial charge in [-0.25, -0.2) is 9.97 Å². The van der Waals surface area contributed by atoms with Gasteiger partial charge in [0.05, 0.1) is 50.5 Å². The summed E-state index contributed by atoms with van der Waals surface area (Å²) in [6, 6.07) is -6.92. The molecule has 5 rings (SSSR count). The topological polar surface area (TPSA) is 46.5 Å². The van der Waals surface area contributed by atoms with Gasteiger partial charge >= 0.3 is 72.2 Å². The summed E-state index contributed by atoms with van der Waals surface area (Å²) in [5, 5.41) is 0. The van der Waals surface area contributed by atoms with Crippen LogP contribution in [0.25, 0.3) is 46.4 Å². The molecule has 0 atom stereocenters. The van der Waals surface area contributed by atoms with Crippen LogP contribution in [0.15, 0.2) is 30.3 Å². The van der Waals surface area contributed by atoms with Gasteiger partial charge in [0.2, 0.25) is 0 Å². The Morgan fingerprint density at radius 2 is 0.723 bits per heavy atom. The first-order valence-corrected chi connectivity index (χ1v) is 15.8. The molecular formula is C32H10F28N4Pt. The van der Waals surface area contributed by atoms with Crippen LogP contribution in [0, 0.1) is 0 Å². The molecule has 2 aliphatic heterocycles. The number of aromatic amines is 1. The Bertz CT molecular complexity index is 2580. The summed E-state index contributed by atoms with van der Waals surface area (Å²) >= 11 is 0. The number of nitrogens with one attached hydrogen (secondary N) is 1. The molecule has 3 aromatic heterocycles. The fourth-order valence-corrected chi connectivity index (χ4v) is 5.84. The standard InChI is InChI=1S/C32H10F28N4.Pt/c33-21(34,24(39,40)28(47,48)49)17-15-6-5-13(63-15)8-12-2-1-10(61-12)7-11-3-4-14(62-11)9-16-18(22(35,36)25(41,42)29(50,51)52)19(23(37,38)26(43,44)30(53,54)55)20(17)64(16)32(59,60)27(45,46)31(56,57)58;/h1-9,61H;. The summed E-state index contributed by atoms with van der Waals surface area (Å²) in [4.78, 5) is 8.30. The van der Waals surface area contributed by atoms with Crippen molar-refractivity contribution in [3.05, 3.63) is 69.8 Å². The molecule has 4 nitrogen and oxygen atoms in total. The van der Waals surface area contributed by atoms with Crippen LogP contribution in [0.5, 0.6) is 0 Å². The molecular weight excluding hydrogens is 1170 g/mol. The molecule has 0 aromatic carbocycles. The first-order chi connectivity index (χ1) is 28.3. The number of H-pyrrole nitrogens is 1. The van der Waals surface area contributed by atoms with Gasteiger partial charge in [-0.15, -0.1) is 0 Å². The van der Waals surface area contributed by atoms with Crippen molar-refractivity contribution in [1.82, 2.24) is 19.5 Å². The summed E-state index contributed by atoms with van der Waals surface area (Å²) < 4.78 is 410. The quantitative estimate of drug-likeness (QED) is 0.157. The van der Waals surface area contributed by atoms with E-state index in [1.54, 1.807) is 0 Å². The Balaban J connectivity index is 0.00000925. The zero-order chi connectivity index (χ0) is 49.4. The normalized spacial score (nSPS) is 15.4. The van der Waals surface area contributed by atoms with E-state index in [1.165, 1.54) is 0 Å². The molecule has 65 heavy (non-hydrogen) atoms. The van der Waals surface area contributed by atoms with E-state index in [-0.39, 0.29) is 38.7 Å². The van der Waals surface area contributed by atoms with Gasteiger partial charge in [-0.1, -0.05) is 0 Å². The maximum atomic E-state index is 16.2. The molecule has 364 valence electrons. The van der Waals surface area contributed by atoms with E-state index in [4.69, 9.17) is 0 Å². The number of hydrogen-bond donors (Lipinski definition) is 1. The van der Waals surface area contributed by atoms with Crippen molar-refractivity contribution in [3.8, 4) is 0 Å². The van der Waals surface area contributed by atoms with Gasteiger partial charge in [-0.05, 0) is 54.6 Å². The van der Waals surface area contributed by atoms with Crippen LogP contribution in [-0.4, -0.2) is 67.9 Å². The number of alkyl halides is 28. The maximum absolute atomic E-state index is 16.2. The molecule has 0 fully saturated rings. The molecule has 1 N–H and O–H groups in total. The Morgan fingerprint density at radius 3 is 1.12 bits per heavy atom. The molecule has 0 spiro atoms. The van der Waals surface area contributed by atoms with Crippen molar-refractivity contribution < 1.29 is 144 Å². The molecule has 0 radical (unpaired) electrons. The molecule has 0 saturated carbocycles. The van der Waals surface area contributed by atoms with Gasteiger partial charge in [0, 0.05) is 32.1 Å². The minimum absolute atomic E-state index is 0. The maximum Gasteiger partial charge on any atom is 0.462 e. The predicted molar refractivity (Wildman–Crippen MR) is 158 cm³/mol. The van der Waals surface area contributed by atoms with Crippen LogP contribution in [0.3, 0.4) is 0 Å². The van der Waals surface area contributed by atoms with E-state index in [0.29, 0.717) is 18.2 Å². The largest absolute Gasteiger partial charge is 0.462 e. The van der Waals surface area contributed by atoms with Crippen LogP contribution in [0.2, 0.25) is 0 Å². The molecule has 5 heterocycles. The molecule has 2 aliphatic rings.